The number of imidazole rings is 1. The molecule has 128 valence electrons. The minimum absolute atomic E-state index is 0.192. The lowest BCUT2D eigenvalue weighted by Gasteiger charge is -2.02. The van der Waals surface area contributed by atoms with Crippen LogP contribution in [0.15, 0.2) is 83.2 Å². The van der Waals surface area contributed by atoms with Crippen LogP contribution in [0.2, 0.25) is 0 Å². The van der Waals surface area contributed by atoms with Gasteiger partial charge < -0.3 is 9.84 Å². The summed E-state index contributed by atoms with van der Waals surface area (Å²) in [4.78, 5) is 4.69. The van der Waals surface area contributed by atoms with Crippen LogP contribution in [0, 0.1) is 0 Å². The molecule has 0 aliphatic heterocycles. The molecule has 2 aromatic carbocycles. The second kappa shape index (κ2) is 6.68. The average molecular weight is 344 g/mol. The number of aromatic nitrogens is 2. The topological polar surface area (TPSA) is 71.5 Å². The van der Waals surface area contributed by atoms with Crippen molar-refractivity contribution in [1.29, 1.82) is 0 Å². The van der Waals surface area contributed by atoms with Crippen molar-refractivity contribution in [2.75, 3.05) is 7.11 Å². The molecule has 6 nitrogen and oxygen atoms in total. The van der Waals surface area contributed by atoms with Crippen molar-refractivity contribution < 1.29 is 9.84 Å². The van der Waals surface area contributed by atoms with Gasteiger partial charge in [0.15, 0.2) is 5.82 Å². The van der Waals surface area contributed by atoms with Crippen LogP contribution in [-0.2, 0) is 0 Å². The first-order valence-electron chi connectivity index (χ1n) is 8.07. The summed E-state index contributed by atoms with van der Waals surface area (Å²) in [5, 5.41) is 18.1. The molecule has 4 rings (SSSR count). The summed E-state index contributed by atoms with van der Waals surface area (Å²) in [6.07, 6.45) is 1.90. The minimum atomic E-state index is 0.192. The van der Waals surface area contributed by atoms with Crippen molar-refractivity contribution in [3.05, 3.63) is 72.9 Å². The van der Waals surface area contributed by atoms with E-state index in [1.807, 2.05) is 53.1 Å². The number of azo groups is 1. The summed E-state index contributed by atoms with van der Waals surface area (Å²) in [5.41, 5.74) is 3.10. The zero-order valence-electron chi connectivity index (χ0n) is 14.1. The number of pyridine rings is 1. The SMILES string of the molecule is COc1ccc(-c2nc3ccccn3c2N=Nc2ccc(O)cc2)cc1. The third kappa shape index (κ3) is 3.00. The van der Waals surface area contributed by atoms with Gasteiger partial charge >= 0.3 is 0 Å². The Kier molecular flexibility index (Phi) is 4.07. The largest absolute Gasteiger partial charge is 0.508 e. The van der Waals surface area contributed by atoms with E-state index in [1.54, 1.807) is 31.4 Å². The zero-order valence-corrected chi connectivity index (χ0v) is 14.1. The van der Waals surface area contributed by atoms with E-state index in [0.717, 1.165) is 22.7 Å². The predicted molar refractivity (Wildman–Crippen MR) is 99.5 cm³/mol. The third-order valence-electron chi connectivity index (χ3n) is 3.98. The van der Waals surface area contributed by atoms with Gasteiger partial charge in [-0.2, -0.15) is 0 Å². The number of hydrogen-bond acceptors (Lipinski definition) is 5. The van der Waals surface area contributed by atoms with Crippen LogP contribution >= 0.6 is 0 Å². The molecular weight excluding hydrogens is 328 g/mol. The van der Waals surface area contributed by atoms with Gasteiger partial charge in [0.25, 0.3) is 0 Å². The maximum Gasteiger partial charge on any atom is 0.187 e. The Labute approximate surface area is 150 Å². The van der Waals surface area contributed by atoms with Gasteiger partial charge in [-0.15, -0.1) is 10.2 Å². The molecule has 2 aromatic heterocycles. The van der Waals surface area contributed by atoms with E-state index >= 15 is 0 Å². The zero-order chi connectivity index (χ0) is 17.9. The highest BCUT2D eigenvalue weighted by molar-refractivity contribution is 5.74. The molecule has 0 aliphatic carbocycles. The summed E-state index contributed by atoms with van der Waals surface area (Å²) < 4.78 is 7.11. The molecular formula is C20H16N4O2. The van der Waals surface area contributed by atoms with Gasteiger partial charge in [-0.3, -0.25) is 4.40 Å². The fourth-order valence-electron chi connectivity index (χ4n) is 2.65. The van der Waals surface area contributed by atoms with Gasteiger partial charge in [0, 0.05) is 11.8 Å². The first kappa shape index (κ1) is 15.8. The maximum atomic E-state index is 9.39. The number of ether oxygens (including phenoxy) is 1. The van der Waals surface area contributed by atoms with Crippen LogP contribution in [0.3, 0.4) is 0 Å². The van der Waals surface area contributed by atoms with Crippen molar-refractivity contribution >= 4 is 17.2 Å². The highest BCUT2D eigenvalue weighted by Gasteiger charge is 2.13. The van der Waals surface area contributed by atoms with Gasteiger partial charge in [0.05, 0.1) is 12.8 Å². The quantitative estimate of drug-likeness (QED) is 0.522. The first-order valence-corrected chi connectivity index (χ1v) is 8.07. The molecule has 0 unspecified atom stereocenters. The van der Waals surface area contributed by atoms with Crippen molar-refractivity contribution in [3.63, 3.8) is 0 Å². The lowest BCUT2D eigenvalue weighted by Crippen LogP contribution is -1.83. The molecule has 0 bridgehead atoms. The number of phenols is 1. The summed E-state index contributed by atoms with van der Waals surface area (Å²) in [5.74, 6) is 1.61. The Hall–Kier alpha value is -3.67. The second-order valence-electron chi connectivity index (χ2n) is 5.66. The summed E-state index contributed by atoms with van der Waals surface area (Å²) in [6, 6.07) is 20.0. The molecule has 0 spiro atoms. The lowest BCUT2D eigenvalue weighted by atomic mass is 10.1. The molecule has 0 radical (unpaired) electrons. The molecule has 0 fully saturated rings. The number of phenolic OH excluding ortho intramolecular Hbond substituents is 1. The highest BCUT2D eigenvalue weighted by Crippen LogP contribution is 2.33. The van der Waals surface area contributed by atoms with Crippen LogP contribution < -0.4 is 4.74 Å². The number of benzene rings is 2. The molecule has 0 aliphatic rings. The Balaban J connectivity index is 1.82. The monoisotopic (exact) mass is 344 g/mol. The minimum Gasteiger partial charge on any atom is -0.508 e. The molecule has 2 heterocycles. The highest BCUT2D eigenvalue weighted by atomic mass is 16.5. The van der Waals surface area contributed by atoms with Crippen molar-refractivity contribution in [2.24, 2.45) is 10.2 Å². The molecule has 0 amide bonds. The molecule has 0 saturated carbocycles. The normalized spacial score (nSPS) is 11.3. The Morgan fingerprint density at radius 2 is 1.69 bits per heavy atom. The molecule has 1 N–H and O–H groups in total. The molecule has 0 atom stereocenters. The number of hydrogen-bond donors (Lipinski definition) is 1. The third-order valence-corrected chi connectivity index (χ3v) is 3.98. The maximum absolute atomic E-state index is 9.39. The first-order chi connectivity index (χ1) is 12.7. The number of nitrogens with zero attached hydrogens (tertiary/aromatic N) is 4. The van der Waals surface area contributed by atoms with E-state index in [4.69, 9.17) is 9.72 Å². The fourth-order valence-corrected chi connectivity index (χ4v) is 2.65. The second-order valence-corrected chi connectivity index (χ2v) is 5.66. The summed E-state index contributed by atoms with van der Waals surface area (Å²) in [6.45, 7) is 0. The van der Waals surface area contributed by atoms with Gasteiger partial charge in [-0.05, 0) is 60.7 Å². The van der Waals surface area contributed by atoms with Gasteiger partial charge in [0.1, 0.15) is 22.8 Å². The molecule has 26 heavy (non-hydrogen) atoms. The molecule has 6 heteroatoms. The fraction of sp³-hybridized carbons (Fsp3) is 0.0500. The number of methoxy groups -OCH3 is 1. The van der Waals surface area contributed by atoms with E-state index in [2.05, 4.69) is 10.2 Å². The van der Waals surface area contributed by atoms with Crippen LogP contribution in [0.1, 0.15) is 0 Å². The smallest absolute Gasteiger partial charge is 0.187 e. The van der Waals surface area contributed by atoms with Gasteiger partial charge in [0.2, 0.25) is 0 Å². The Morgan fingerprint density at radius 3 is 2.42 bits per heavy atom. The summed E-state index contributed by atoms with van der Waals surface area (Å²) in [7, 11) is 1.64. The number of fused-ring (bicyclic) bond motifs is 1. The molecule has 0 saturated heterocycles. The predicted octanol–water partition coefficient (Wildman–Crippen LogP) is 5.13. The van der Waals surface area contributed by atoms with Crippen molar-refractivity contribution in [1.82, 2.24) is 9.38 Å². The average Bonchev–Trinajstić information content (AvgIpc) is 3.06. The van der Waals surface area contributed by atoms with E-state index in [9.17, 15) is 5.11 Å². The lowest BCUT2D eigenvalue weighted by molar-refractivity contribution is 0.415. The van der Waals surface area contributed by atoms with E-state index in [-0.39, 0.29) is 5.75 Å². The molecule has 4 aromatic rings. The van der Waals surface area contributed by atoms with E-state index in [1.165, 1.54) is 0 Å². The van der Waals surface area contributed by atoms with Crippen molar-refractivity contribution in [3.8, 4) is 22.8 Å². The van der Waals surface area contributed by atoms with Crippen LogP contribution in [-0.4, -0.2) is 21.6 Å². The van der Waals surface area contributed by atoms with Gasteiger partial charge in [-0.1, -0.05) is 6.07 Å². The van der Waals surface area contributed by atoms with Crippen LogP contribution in [0.5, 0.6) is 11.5 Å². The Bertz CT molecular complexity index is 1070. The summed E-state index contributed by atoms with van der Waals surface area (Å²) >= 11 is 0. The standard InChI is InChI=1S/C20H16N4O2/c1-26-17-11-5-14(6-12-17)19-20(24-13-3-2-4-18(24)21-19)23-22-15-7-9-16(25)10-8-15/h2-13,25H,1H3. The van der Waals surface area contributed by atoms with E-state index < -0.39 is 0 Å². The van der Waals surface area contributed by atoms with Crippen LogP contribution in [0.25, 0.3) is 16.9 Å². The van der Waals surface area contributed by atoms with Gasteiger partial charge in [-0.25, -0.2) is 4.98 Å². The number of rotatable bonds is 4. The van der Waals surface area contributed by atoms with Crippen molar-refractivity contribution in [2.45, 2.75) is 0 Å². The number of aromatic hydroxyl groups is 1. The van der Waals surface area contributed by atoms with E-state index in [0.29, 0.717) is 11.5 Å². The Morgan fingerprint density at radius 1 is 0.923 bits per heavy atom. The van der Waals surface area contributed by atoms with Crippen LogP contribution in [0.4, 0.5) is 11.5 Å².